The Balaban J connectivity index is 1.50. The Morgan fingerprint density at radius 3 is 2.62 bits per heavy atom. The first kappa shape index (κ1) is 20.8. The van der Waals surface area contributed by atoms with Crippen molar-refractivity contribution >= 4 is 22.2 Å². The molecule has 0 saturated carbocycles. The second kappa shape index (κ2) is 8.53. The van der Waals surface area contributed by atoms with Gasteiger partial charge in [-0.2, -0.15) is 0 Å². The van der Waals surface area contributed by atoms with Crippen LogP contribution in [0, 0.1) is 0 Å². The first-order valence-electron chi connectivity index (χ1n) is 12.0. The molecule has 0 saturated heterocycles. The molecule has 1 N–H and O–H groups in total. The van der Waals surface area contributed by atoms with Gasteiger partial charge >= 0.3 is 0 Å². The summed E-state index contributed by atoms with van der Waals surface area (Å²) in [4.78, 5) is 13.7. The number of carbonyl (C=O) groups is 1. The SMILES string of the molecule is CCCOc1ccc(C2C3=C(CC(c4ccco4)CC3=O)Nc3ccc4ccccc4c32)cc1. The van der Waals surface area contributed by atoms with Gasteiger partial charge in [-0.25, -0.2) is 0 Å². The highest BCUT2D eigenvalue weighted by Gasteiger charge is 2.39. The number of ether oxygens (including phenoxy) is 1. The molecular weight excluding hydrogens is 422 g/mol. The van der Waals surface area contributed by atoms with E-state index in [4.69, 9.17) is 9.15 Å². The van der Waals surface area contributed by atoms with Crippen molar-refractivity contribution in [2.24, 2.45) is 0 Å². The highest BCUT2D eigenvalue weighted by Crippen LogP contribution is 2.50. The van der Waals surface area contributed by atoms with Gasteiger partial charge in [-0.05, 0) is 65.1 Å². The van der Waals surface area contributed by atoms with Crippen molar-refractivity contribution in [3.63, 3.8) is 0 Å². The summed E-state index contributed by atoms with van der Waals surface area (Å²) in [6.45, 7) is 2.80. The molecule has 0 radical (unpaired) electrons. The van der Waals surface area contributed by atoms with Crippen LogP contribution in [0.4, 0.5) is 5.69 Å². The lowest BCUT2D eigenvalue weighted by Gasteiger charge is -2.37. The normalized spacial score (nSPS) is 19.5. The minimum absolute atomic E-state index is 0.0567. The van der Waals surface area contributed by atoms with Gasteiger partial charge in [0.15, 0.2) is 5.78 Å². The maximum atomic E-state index is 13.7. The molecule has 1 aliphatic carbocycles. The zero-order chi connectivity index (χ0) is 23.1. The van der Waals surface area contributed by atoms with E-state index in [1.165, 1.54) is 16.3 Å². The highest BCUT2D eigenvalue weighted by molar-refractivity contribution is 6.04. The molecule has 2 unspecified atom stereocenters. The molecule has 3 aromatic carbocycles. The summed E-state index contributed by atoms with van der Waals surface area (Å²) in [5, 5.41) is 6.00. The van der Waals surface area contributed by atoms with E-state index in [-0.39, 0.29) is 17.6 Å². The molecule has 1 aromatic heterocycles. The van der Waals surface area contributed by atoms with Crippen LogP contribution in [-0.4, -0.2) is 12.4 Å². The molecule has 0 bridgehead atoms. The van der Waals surface area contributed by atoms with Gasteiger partial charge in [0.05, 0.1) is 12.9 Å². The molecule has 0 spiro atoms. The second-order valence-corrected chi connectivity index (χ2v) is 9.16. The van der Waals surface area contributed by atoms with Gasteiger partial charge in [-0.1, -0.05) is 49.4 Å². The lowest BCUT2D eigenvalue weighted by atomic mass is 9.71. The average molecular weight is 450 g/mol. The number of nitrogens with one attached hydrogen (secondary N) is 1. The molecule has 1 aliphatic heterocycles. The Morgan fingerprint density at radius 1 is 0.971 bits per heavy atom. The molecule has 34 heavy (non-hydrogen) atoms. The fourth-order valence-corrected chi connectivity index (χ4v) is 5.44. The Labute approximate surface area is 199 Å². The maximum absolute atomic E-state index is 13.7. The first-order chi connectivity index (χ1) is 16.7. The first-order valence-corrected chi connectivity index (χ1v) is 12.0. The smallest absolute Gasteiger partial charge is 0.162 e. The fourth-order valence-electron chi connectivity index (χ4n) is 5.44. The van der Waals surface area contributed by atoms with E-state index in [9.17, 15) is 4.79 Å². The quantitative estimate of drug-likeness (QED) is 0.351. The molecule has 2 heterocycles. The number of hydrogen-bond acceptors (Lipinski definition) is 4. The lowest BCUT2D eigenvalue weighted by Crippen LogP contribution is -2.29. The monoisotopic (exact) mass is 449 g/mol. The summed E-state index contributed by atoms with van der Waals surface area (Å²) in [5.41, 5.74) is 5.25. The van der Waals surface area contributed by atoms with Crippen LogP contribution in [0.25, 0.3) is 10.8 Å². The van der Waals surface area contributed by atoms with Gasteiger partial charge in [0, 0.05) is 35.2 Å². The van der Waals surface area contributed by atoms with Crippen LogP contribution in [0.2, 0.25) is 0 Å². The van der Waals surface area contributed by atoms with Crippen LogP contribution in [0.15, 0.2) is 94.7 Å². The molecule has 0 amide bonds. The standard InChI is InChI=1S/C30H27NO3/c1-2-15-33-22-12-9-20(10-13-22)28-29-23-7-4-3-6-19(23)11-14-24(29)31-25-17-21(18-26(32)30(25)28)27-8-5-16-34-27/h3-14,16,21,28,31H,2,15,17-18H2,1H3. The van der Waals surface area contributed by atoms with E-state index in [1.807, 2.05) is 24.3 Å². The minimum atomic E-state index is -0.123. The molecule has 170 valence electrons. The summed E-state index contributed by atoms with van der Waals surface area (Å²) in [6.07, 6.45) is 3.87. The molecule has 2 aliphatic rings. The van der Waals surface area contributed by atoms with Gasteiger partial charge in [0.25, 0.3) is 0 Å². The van der Waals surface area contributed by atoms with Crippen molar-refractivity contribution in [3.8, 4) is 5.75 Å². The summed E-state index contributed by atoms with van der Waals surface area (Å²) in [5.74, 6) is 1.86. The number of benzene rings is 3. The van der Waals surface area contributed by atoms with Crippen molar-refractivity contribution in [2.75, 3.05) is 11.9 Å². The summed E-state index contributed by atoms with van der Waals surface area (Å²) >= 11 is 0. The zero-order valence-electron chi connectivity index (χ0n) is 19.2. The highest BCUT2D eigenvalue weighted by atomic mass is 16.5. The predicted molar refractivity (Wildman–Crippen MR) is 134 cm³/mol. The van der Waals surface area contributed by atoms with Crippen LogP contribution in [0.3, 0.4) is 0 Å². The van der Waals surface area contributed by atoms with Crippen LogP contribution < -0.4 is 10.1 Å². The topological polar surface area (TPSA) is 51.5 Å². The fraction of sp³-hybridized carbons (Fsp3) is 0.233. The Kier molecular flexibility index (Phi) is 5.21. The van der Waals surface area contributed by atoms with Crippen LogP contribution in [0.1, 0.15) is 54.9 Å². The number of rotatable bonds is 5. The third-order valence-electron chi connectivity index (χ3n) is 6.97. The van der Waals surface area contributed by atoms with E-state index >= 15 is 0 Å². The van der Waals surface area contributed by atoms with Gasteiger partial charge in [-0.15, -0.1) is 0 Å². The zero-order valence-corrected chi connectivity index (χ0v) is 19.2. The number of hydrogen-bond donors (Lipinski definition) is 1. The summed E-state index contributed by atoms with van der Waals surface area (Å²) in [6, 6.07) is 24.9. The number of Topliss-reactive ketones (excluding diaryl/α,β-unsaturated/α-hetero) is 1. The molecule has 4 aromatic rings. The molecule has 0 fully saturated rings. The number of ketones is 1. The van der Waals surface area contributed by atoms with Crippen molar-refractivity contribution in [2.45, 2.75) is 38.0 Å². The van der Waals surface area contributed by atoms with Crippen LogP contribution in [0.5, 0.6) is 5.75 Å². The molecule has 2 atom stereocenters. The van der Waals surface area contributed by atoms with Crippen molar-refractivity contribution in [3.05, 3.63) is 107 Å². The minimum Gasteiger partial charge on any atom is -0.494 e. The average Bonchev–Trinajstić information content (AvgIpc) is 3.41. The van der Waals surface area contributed by atoms with E-state index in [0.29, 0.717) is 13.0 Å². The summed E-state index contributed by atoms with van der Waals surface area (Å²) in [7, 11) is 0. The van der Waals surface area contributed by atoms with Crippen LogP contribution >= 0.6 is 0 Å². The van der Waals surface area contributed by atoms with E-state index in [0.717, 1.165) is 46.9 Å². The third-order valence-corrected chi connectivity index (χ3v) is 6.97. The van der Waals surface area contributed by atoms with Crippen LogP contribution in [-0.2, 0) is 4.79 Å². The Bertz CT molecular complexity index is 1380. The third kappa shape index (κ3) is 3.50. The van der Waals surface area contributed by atoms with Gasteiger partial charge < -0.3 is 14.5 Å². The Morgan fingerprint density at radius 2 is 1.82 bits per heavy atom. The molecule has 4 nitrogen and oxygen atoms in total. The number of anilines is 1. The molecule has 4 heteroatoms. The van der Waals surface area contributed by atoms with Crippen molar-refractivity contribution < 1.29 is 13.9 Å². The Hall–Kier alpha value is -3.79. The van der Waals surface area contributed by atoms with Gasteiger partial charge in [0.2, 0.25) is 0 Å². The lowest BCUT2D eigenvalue weighted by molar-refractivity contribution is -0.116. The van der Waals surface area contributed by atoms with Gasteiger partial charge in [-0.3, -0.25) is 4.79 Å². The molecule has 6 rings (SSSR count). The largest absolute Gasteiger partial charge is 0.494 e. The number of furan rings is 1. The van der Waals surface area contributed by atoms with E-state index in [2.05, 4.69) is 60.8 Å². The van der Waals surface area contributed by atoms with Crippen molar-refractivity contribution in [1.29, 1.82) is 0 Å². The number of carbonyl (C=O) groups excluding carboxylic acids is 1. The predicted octanol–water partition coefficient (Wildman–Crippen LogP) is 7.18. The van der Waals surface area contributed by atoms with E-state index < -0.39 is 0 Å². The van der Waals surface area contributed by atoms with Crippen molar-refractivity contribution in [1.82, 2.24) is 0 Å². The number of fused-ring (bicyclic) bond motifs is 3. The van der Waals surface area contributed by atoms with Gasteiger partial charge in [0.1, 0.15) is 11.5 Å². The summed E-state index contributed by atoms with van der Waals surface area (Å²) < 4.78 is 11.5. The second-order valence-electron chi connectivity index (χ2n) is 9.16. The molecular formula is C30H27NO3. The number of allylic oxidation sites excluding steroid dienone is 2. The maximum Gasteiger partial charge on any atom is 0.162 e. The van der Waals surface area contributed by atoms with E-state index in [1.54, 1.807) is 6.26 Å².